The molecule has 0 unspecified atom stereocenters. The second-order valence-electron chi connectivity index (χ2n) is 7.88. The molecule has 0 radical (unpaired) electrons. The molecule has 0 spiro atoms. The van der Waals surface area contributed by atoms with Crippen molar-refractivity contribution >= 4 is 11.0 Å². The predicted octanol–water partition coefficient (Wildman–Crippen LogP) is 5.36. The van der Waals surface area contributed by atoms with E-state index in [-0.39, 0.29) is 6.04 Å². The third kappa shape index (κ3) is 3.39. The first kappa shape index (κ1) is 20.3. The molecule has 3 heterocycles. The lowest BCUT2D eigenvalue weighted by Gasteiger charge is -2.18. The van der Waals surface area contributed by atoms with Gasteiger partial charge in [0.1, 0.15) is 0 Å². The van der Waals surface area contributed by atoms with Crippen LogP contribution < -0.4 is 4.74 Å². The maximum absolute atomic E-state index is 5.63. The molecule has 0 aliphatic heterocycles. The average molecular weight is 382 g/mol. The highest BCUT2D eigenvalue weighted by molar-refractivity contribution is 5.88. The molecule has 0 aromatic carbocycles. The quantitative estimate of drug-likeness (QED) is 0.576. The van der Waals surface area contributed by atoms with Crippen LogP contribution in [-0.4, -0.2) is 35.4 Å². The van der Waals surface area contributed by atoms with Crippen LogP contribution in [0.25, 0.3) is 22.3 Å². The predicted molar refractivity (Wildman–Crippen MR) is 114 cm³/mol. The topological polar surface area (TPSA) is 49.2 Å². The monoisotopic (exact) mass is 381 g/mol. The minimum atomic E-state index is 0.244. The minimum Gasteiger partial charge on any atom is -0.480 e. The Bertz CT molecular complexity index is 1000. The number of aromatic nitrogens is 3. The van der Waals surface area contributed by atoms with Crippen LogP contribution in [0.5, 0.6) is 5.88 Å². The summed E-state index contributed by atoms with van der Waals surface area (Å²) in [5.41, 5.74) is 8.63. The molecular formula is C23H31N3O2. The Morgan fingerprint density at radius 3 is 2.32 bits per heavy atom. The van der Waals surface area contributed by atoms with Crippen LogP contribution in [0.4, 0.5) is 0 Å². The summed E-state index contributed by atoms with van der Waals surface area (Å²) in [4.78, 5) is 9.78. The minimum absolute atomic E-state index is 0.244. The first-order valence-corrected chi connectivity index (χ1v) is 9.82. The molecule has 0 fully saturated rings. The summed E-state index contributed by atoms with van der Waals surface area (Å²) in [7, 11) is 3.41. The smallest absolute Gasteiger partial charge is 0.222 e. The highest BCUT2D eigenvalue weighted by Gasteiger charge is 2.21. The Balaban J connectivity index is 2.25. The van der Waals surface area contributed by atoms with E-state index in [1.807, 2.05) is 0 Å². The summed E-state index contributed by atoms with van der Waals surface area (Å²) in [6.07, 6.45) is 2.18. The molecule has 5 nitrogen and oxygen atoms in total. The van der Waals surface area contributed by atoms with Gasteiger partial charge in [0, 0.05) is 19.0 Å². The van der Waals surface area contributed by atoms with E-state index >= 15 is 0 Å². The van der Waals surface area contributed by atoms with E-state index in [9.17, 15) is 0 Å². The van der Waals surface area contributed by atoms with Gasteiger partial charge < -0.3 is 14.0 Å². The number of ether oxygens (including phenoxy) is 2. The molecule has 150 valence electrons. The van der Waals surface area contributed by atoms with Gasteiger partial charge in [-0.05, 0) is 62.4 Å². The molecule has 0 aliphatic rings. The van der Waals surface area contributed by atoms with E-state index in [0.717, 1.165) is 33.6 Å². The number of rotatable bonds is 6. The molecule has 28 heavy (non-hydrogen) atoms. The maximum Gasteiger partial charge on any atom is 0.222 e. The normalized spacial score (nSPS) is 12.8. The second kappa shape index (κ2) is 7.92. The molecule has 0 saturated heterocycles. The van der Waals surface area contributed by atoms with E-state index in [1.165, 1.54) is 11.1 Å². The van der Waals surface area contributed by atoms with Crippen molar-refractivity contribution in [1.29, 1.82) is 0 Å². The third-order valence-corrected chi connectivity index (χ3v) is 5.49. The third-order valence-electron chi connectivity index (χ3n) is 5.49. The number of aryl methyl sites for hydroxylation is 2. The zero-order valence-electron chi connectivity index (χ0n) is 18.3. The standard InChI is InChI=1S/C23H31N3O2/c1-13(2)19-10-9-18(23(24-19)28-8)21-16(5)17(6)22-20(25-21)14(3)11-26(22)15(4)12-27-7/h9-11,13,15H,12H2,1-8H3/t15-/m0/s1. The lowest BCUT2D eigenvalue weighted by atomic mass is 10.0. The Hall–Kier alpha value is -2.40. The Morgan fingerprint density at radius 2 is 1.71 bits per heavy atom. The van der Waals surface area contributed by atoms with Crippen molar-refractivity contribution in [2.45, 2.75) is 53.5 Å². The largest absolute Gasteiger partial charge is 0.480 e. The molecule has 0 amide bonds. The van der Waals surface area contributed by atoms with E-state index in [4.69, 9.17) is 19.4 Å². The van der Waals surface area contributed by atoms with Crippen LogP contribution in [0.2, 0.25) is 0 Å². The van der Waals surface area contributed by atoms with Crippen LogP contribution in [0, 0.1) is 20.8 Å². The fraction of sp³-hybridized carbons (Fsp3) is 0.478. The van der Waals surface area contributed by atoms with E-state index in [0.29, 0.717) is 18.4 Å². The maximum atomic E-state index is 5.63. The van der Waals surface area contributed by atoms with Gasteiger partial charge >= 0.3 is 0 Å². The molecule has 0 N–H and O–H groups in total. The number of hydrogen-bond donors (Lipinski definition) is 0. The Labute approximate surface area is 167 Å². The van der Waals surface area contributed by atoms with Gasteiger partial charge in [-0.3, -0.25) is 0 Å². The van der Waals surface area contributed by atoms with E-state index in [1.54, 1.807) is 14.2 Å². The molecule has 1 atom stereocenters. The number of pyridine rings is 2. The van der Waals surface area contributed by atoms with Gasteiger partial charge in [-0.2, -0.15) is 0 Å². The number of nitrogens with zero attached hydrogens (tertiary/aromatic N) is 3. The van der Waals surface area contributed by atoms with Crippen molar-refractivity contribution in [1.82, 2.24) is 14.5 Å². The highest BCUT2D eigenvalue weighted by atomic mass is 16.5. The number of hydrogen-bond acceptors (Lipinski definition) is 4. The average Bonchev–Trinajstić information content (AvgIpc) is 3.01. The van der Waals surface area contributed by atoms with Crippen molar-refractivity contribution in [2.75, 3.05) is 20.8 Å². The van der Waals surface area contributed by atoms with Gasteiger partial charge in [-0.15, -0.1) is 0 Å². The molecule has 0 saturated carbocycles. The van der Waals surface area contributed by atoms with Crippen molar-refractivity contribution in [2.24, 2.45) is 0 Å². The van der Waals surface area contributed by atoms with Crippen molar-refractivity contribution in [3.63, 3.8) is 0 Å². The fourth-order valence-electron chi connectivity index (χ4n) is 3.75. The van der Waals surface area contributed by atoms with Gasteiger partial charge in [-0.25, -0.2) is 9.97 Å². The lowest BCUT2D eigenvalue weighted by molar-refractivity contribution is 0.164. The molecule has 3 aromatic heterocycles. The van der Waals surface area contributed by atoms with Gasteiger partial charge in [0.25, 0.3) is 0 Å². The summed E-state index contributed by atoms with van der Waals surface area (Å²) < 4.78 is 13.3. The van der Waals surface area contributed by atoms with Gasteiger partial charge in [0.15, 0.2) is 0 Å². The molecule has 0 bridgehead atoms. The van der Waals surface area contributed by atoms with Crippen LogP contribution in [-0.2, 0) is 4.74 Å². The summed E-state index contributed by atoms with van der Waals surface area (Å²) in [6.45, 7) is 13.5. The zero-order chi connectivity index (χ0) is 20.6. The second-order valence-corrected chi connectivity index (χ2v) is 7.88. The first-order valence-electron chi connectivity index (χ1n) is 9.82. The van der Waals surface area contributed by atoms with Crippen molar-refractivity contribution in [3.05, 3.63) is 40.7 Å². The number of methoxy groups -OCH3 is 2. The molecule has 0 aliphatic carbocycles. The van der Waals surface area contributed by atoms with Crippen LogP contribution in [0.1, 0.15) is 55.1 Å². The Kier molecular flexibility index (Phi) is 5.75. The van der Waals surface area contributed by atoms with Crippen LogP contribution in [0.3, 0.4) is 0 Å². The fourth-order valence-corrected chi connectivity index (χ4v) is 3.75. The van der Waals surface area contributed by atoms with Crippen molar-refractivity contribution in [3.8, 4) is 17.1 Å². The van der Waals surface area contributed by atoms with Crippen LogP contribution >= 0.6 is 0 Å². The van der Waals surface area contributed by atoms with Crippen LogP contribution in [0.15, 0.2) is 18.3 Å². The molecule has 3 aromatic rings. The van der Waals surface area contributed by atoms with E-state index in [2.05, 4.69) is 64.4 Å². The summed E-state index contributed by atoms with van der Waals surface area (Å²) in [5.74, 6) is 0.977. The Morgan fingerprint density at radius 1 is 1.00 bits per heavy atom. The molecular weight excluding hydrogens is 350 g/mol. The SMILES string of the molecule is COC[C@H](C)n1cc(C)c2nc(-c3ccc(C(C)C)nc3OC)c(C)c(C)c21. The lowest BCUT2D eigenvalue weighted by Crippen LogP contribution is -2.11. The molecule has 3 rings (SSSR count). The first-order chi connectivity index (χ1) is 13.3. The van der Waals surface area contributed by atoms with Crippen molar-refractivity contribution < 1.29 is 9.47 Å². The molecule has 5 heteroatoms. The summed E-state index contributed by atoms with van der Waals surface area (Å²) in [6, 6.07) is 4.40. The van der Waals surface area contributed by atoms with E-state index < -0.39 is 0 Å². The summed E-state index contributed by atoms with van der Waals surface area (Å²) in [5, 5.41) is 0. The van der Waals surface area contributed by atoms with Gasteiger partial charge in [0.05, 0.1) is 42.0 Å². The zero-order valence-corrected chi connectivity index (χ0v) is 18.3. The van der Waals surface area contributed by atoms with Gasteiger partial charge in [0.2, 0.25) is 5.88 Å². The number of fused-ring (bicyclic) bond motifs is 1. The summed E-state index contributed by atoms with van der Waals surface area (Å²) >= 11 is 0. The highest BCUT2D eigenvalue weighted by Crippen LogP contribution is 2.36. The van der Waals surface area contributed by atoms with Gasteiger partial charge in [-0.1, -0.05) is 13.8 Å².